The summed E-state index contributed by atoms with van der Waals surface area (Å²) in [7, 11) is 1.31. The van der Waals surface area contributed by atoms with Crippen LogP contribution in [0.25, 0.3) is 5.57 Å². The second kappa shape index (κ2) is 5.35. The fraction of sp³-hybridized carbons (Fsp3) is 0.167. The predicted molar refractivity (Wildman–Crippen MR) is 84.5 cm³/mol. The summed E-state index contributed by atoms with van der Waals surface area (Å²) < 4.78 is 4.86. The average Bonchev–Trinajstić information content (AvgIpc) is 2.84. The van der Waals surface area contributed by atoms with Gasteiger partial charge in [0, 0.05) is 22.5 Å². The lowest BCUT2D eigenvalue weighted by atomic mass is 9.84. The summed E-state index contributed by atoms with van der Waals surface area (Å²) in [6.45, 7) is 3.59. The molecule has 0 aliphatic heterocycles. The van der Waals surface area contributed by atoms with Gasteiger partial charge in [0.15, 0.2) is 0 Å². The Kier molecular flexibility index (Phi) is 3.48. The number of hydrogen-bond acceptors (Lipinski definition) is 4. The van der Waals surface area contributed by atoms with Crippen LogP contribution in [0.3, 0.4) is 0 Å². The van der Waals surface area contributed by atoms with E-state index >= 15 is 0 Å². The second-order valence-corrected chi connectivity index (χ2v) is 5.41. The maximum absolute atomic E-state index is 12.1. The molecule has 5 heteroatoms. The van der Waals surface area contributed by atoms with E-state index in [1.807, 2.05) is 6.92 Å². The van der Waals surface area contributed by atoms with Crippen LogP contribution < -0.4 is 0 Å². The van der Waals surface area contributed by atoms with Crippen molar-refractivity contribution < 1.29 is 19.1 Å². The molecule has 1 N–H and O–H groups in total. The van der Waals surface area contributed by atoms with Gasteiger partial charge < -0.3 is 9.72 Å². The number of fused-ring (bicyclic) bond motifs is 1. The predicted octanol–water partition coefficient (Wildman–Crippen LogP) is 2.62. The minimum atomic E-state index is -0.590. The molecule has 0 unspecified atom stereocenters. The van der Waals surface area contributed by atoms with Crippen LogP contribution in [0, 0.1) is 13.8 Å². The number of aromatic nitrogens is 1. The molecule has 3 rings (SSSR count). The lowest BCUT2D eigenvalue weighted by molar-refractivity contribution is -0.111. The number of Topliss-reactive ketones (excluding diaryl/α,β-unsaturated/α-hetero) is 1. The van der Waals surface area contributed by atoms with Gasteiger partial charge in [0.25, 0.3) is 0 Å². The van der Waals surface area contributed by atoms with E-state index in [1.165, 1.54) is 13.2 Å². The summed E-state index contributed by atoms with van der Waals surface area (Å²) in [6, 6.07) is 6.90. The molecule has 116 valence electrons. The Hall–Kier alpha value is -2.95. The summed E-state index contributed by atoms with van der Waals surface area (Å²) in [5.74, 6) is -1.61. The molecular weight excluding hydrogens is 294 g/mol. The number of allylic oxidation sites excluding steroid dienone is 1. The molecule has 1 heterocycles. The number of methoxy groups -OCH3 is 1. The number of H-pyrrole nitrogens is 1. The van der Waals surface area contributed by atoms with E-state index in [-0.39, 0.29) is 0 Å². The number of ketones is 2. The van der Waals surface area contributed by atoms with Gasteiger partial charge in [0.05, 0.1) is 12.7 Å². The third-order valence-electron chi connectivity index (χ3n) is 3.99. The van der Waals surface area contributed by atoms with Crippen LogP contribution in [0.2, 0.25) is 0 Å². The third kappa shape index (κ3) is 2.21. The molecule has 23 heavy (non-hydrogen) atoms. The van der Waals surface area contributed by atoms with E-state index in [9.17, 15) is 14.4 Å². The van der Waals surface area contributed by atoms with Crippen molar-refractivity contribution in [2.75, 3.05) is 7.11 Å². The highest BCUT2D eigenvalue weighted by molar-refractivity contribution is 6.51. The van der Waals surface area contributed by atoms with Gasteiger partial charge in [-0.15, -0.1) is 0 Å². The molecule has 1 aromatic heterocycles. The van der Waals surface area contributed by atoms with Crippen molar-refractivity contribution in [2.24, 2.45) is 0 Å². The lowest BCUT2D eigenvalue weighted by Crippen LogP contribution is -2.19. The van der Waals surface area contributed by atoms with E-state index in [0.717, 1.165) is 5.69 Å². The molecule has 2 aromatic rings. The Morgan fingerprint density at radius 1 is 1.04 bits per heavy atom. The van der Waals surface area contributed by atoms with E-state index in [1.54, 1.807) is 31.2 Å². The van der Waals surface area contributed by atoms with Gasteiger partial charge in [0.1, 0.15) is 0 Å². The molecular formula is C18H15NO4. The first-order valence-electron chi connectivity index (χ1n) is 7.13. The number of carbonyl (C=O) groups excluding carboxylic acids is 3. The molecule has 1 aliphatic carbocycles. The van der Waals surface area contributed by atoms with Crippen molar-refractivity contribution in [2.45, 2.75) is 13.8 Å². The van der Waals surface area contributed by atoms with Crippen molar-refractivity contribution in [1.82, 2.24) is 4.98 Å². The lowest BCUT2D eigenvalue weighted by Gasteiger charge is -2.17. The van der Waals surface area contributed by atoms with E-state index in [0.29, 0.717) is 33.5 Å². The van der Waals surface area contributed by atoms with Crippen LogP contribution in [0.5, 0.6) is 0 Å². The first-order valence-corrected chi connectivity index (χ1v) is 7.13. The Labute approximate surface area is 133 Å². The fourth-order valence-corrected chi connectivity index (χ4v) is 3.01. The van der Waals surface area contributed by atoms with Crippen molar-refractivity contribution >= 4 is 23.1 Å². The zero-order valence-corrected chi connectivity index (χ0v) is 13.0. The first-order chi connectivity index (χ1) is 11.0. The maximum Gasteiger partial charge on any atom is 0.340 e. The number of hydrogen-bond donors (Lipinski definition) is 1. The molecule has 0 radical (unpaired) electrons. The molecule has 0 bridgehead atoms. The van der Waals surface area contributed by atoms with Crippen LogP contribution in [0.4, 0.5) is 0 Å². The number of nitrogens with one attached hydrogen (secondary N) is 1. The van der Waals surface area contributed by atoms with Gasteiger partial charge in [0.2, 0.25) is 11.6 Å². The topological polar surface area (TPSA) is 76.2 Å². The highest BCUT2D eigenvalue weighted by Crippen LogP contribution is 2.35. The normalized spacial score (nSPS) is 13.6. The molecule has 0 saturated carbocycles. The molecule has 5 nitrogen and oxygen atoms in total. The summed E-state index contributed by atoms with van der Waals surface area (Å²) >= 11 is 0. The van der Waals surface area contributed by atoms with E-state index in [4.69, 9.17) is 4.74 Å². The Balaban J connectivity index is 2.32. The van der Waals surface area contributed by atoms with Gasteiger partial charge in [-0.1, -0.05) is 24.3 Å². The molecule has 0 fully saturated rings. The smallest absolute Gasteiger partial charge is 0.340 e. The van der Waals surface area contributed by atoms with Gasteiger partial charge in [-0.25, -0.2) is 4.79 Å². The quantitative estimate of drug-likeness (QED) is 0.683. The number of ether oxygens (including phenoxy) is 1. The monoisotopic (exact) mass is 309 g/mol. The number of benzene rings is 1. The van der Waals surface area contributed by atoms with Crippen LogP contribution in [0.15, 0.2) is 30.3 Å². The molecule has 0 spiro atoms. The molecule has 1 aromatic carbocycles. The van der Waals surface area contributed by atoms with Gasteiger partial charge in [-0.05, 0) is 31.1 Å². The standard InChI is InChI=1S/C18H15NO4/c1-9-15(16(10(2)19-9)18(22)23-3)13-8-14(20)17(21)12-7-5-4-6-11(12)13/h4-8,19H,1-3H3. The maximum atomic E-state index is 12.1. The fourth-order valence-electron chi connectivity index (χ4n) is 3.01. The number of aryl methyl sites for hydroxylation is 2. The van der Waals surface area contributed by atoms with Crippen LogP contribution in [0.1, 0.15) is 43.2 Å². The molecule has 0 saturated heterocycles. The molecule has 1 aliphatic rings. The molecule has 0 amide bonds. The second-order valence-electron chi connectivity index (χ2n) is 5.41. The Morgan fingerprint density at radius 2 is 1.70 bits per heavy atom. The van der Waals surface area contributed by atoms with Crippen LogP contribution in [-0.2, 0) is 9.53 Å². The highest BCUT2D eigenvalue weighted by atomic mass is 16.5. The van der Waals surface area contributed by atoms with Crippen LogP contribution >= 0.6 is 0 Å². The zero-order valence-electron chi connectivity index (χ0n) is 13.0. The number of rotatable bonds is 2. The van der Waals surface area contributed by atoms with Crippen molar-refractivity contribution in [3.05, 3.63) is 64.0 Å². The van der Waals surface area contributed by atoms with Crippen molar-refractivity contribution in [3.63, 3.8) is 0 Å². The van der Waals surface area contributed by atoms with Gasteiger partial charge in [-0.3, -0.25) is 9.59 Å². The Morgan fingerprint density at radius 3 is 2.35 bits per heavy atom. The Bertz CT molecular complexity index is 886. The highest BCUT2D eigenvalue weighted by Gasteiger charge is 2.30. The van der Waals surface area contributed by atoms with Gasteiger partial charge >= 0.3 is 5.97 Å². The van der Waals surface area contributed by atoms with E-state index in [2.05, 4.69) is 4.98 Å². The number of carbonyl (C=O) groups is 3. The minimum absolute atomic E-state index is 0.351. The van der Waals surface area contributed by atoms with E-state index < -0.39 is 17.5 Å². The zero-order chi connectivity index (χ0) is 16.7. The molecule has 0 atom stereocenters. The number of aromatic amines is 1. The average molecular weight is 309 g/mol. The van der Waals surface area contributed by atoms with Crippen molar-refractivity contribution in [3.8, 4) is 0 Å². The summed E-state index contributed by atoms with van der Waals surface area (Å²) in [5.41, 5.74) is 3.94. The number of esters is 1. The van der Waals surface area contributed by atoms with Crippen LogP contribution in [-0.4, -0.2) is 29.6 Å². The summed E-state index contributed by atoms with van der Waals surface area (Å²) in [5, 5.41) is 0. The van der Waals surface area contributed by atoms with Crippen molar-refractivity contribution in [1.29, 1.82) is 0 Å². The minimum Gasteiger partial charge on any atom is -0.465 e. The third-order valence-corrected chi connectivity index (χ3v) is 3.99. The summed E-state index contributed by atoms with van der Waals surface area (Å²) in [6.07, 6.45) is 1.30. The van der Waals surface area contributed by atoms with Gasteiger partial charge in [-0.2, -0.15) is 0 Å². The SMILES string of the molecule is COC(=O)c1c(C)[nH]c(C)c1C1=CC(=O)C(=O)c2ccccc21. The first kappa shape index (κ1) is 15.0. The summed E-state index contributed by atoms with van der Waals surface area (Å²) in [4.78, 5) is 39.4. The largest absolute Gasteiger partial charge is 0.465 e.